The average molecular weight is 433 g/mol. The van der Waals surface area contributed by atoms with Gasteiger partial charge in [0.15, 0.2) is 0 Å². The predicted octanol–water partition coefficient (Wildman–Crippen LogP) is -0.00630. The van der Waals surface area contributed by atoms with E-state index in [0.29, 0.717) is 0 Å². The Morgan fingerprint density at radius 2 is 0.870 bits per heavy atom. The zero-order valence-corrected chi connectivity index (χ0v) is 18.8. The summed E-state index contributed by atoms with van der Waals surface area (Å²) in [6, 6.07) is 17.2. The van der Waals surface area contributed by atoms with Gasteiger partial charge in [0, 0.05) is 0 Å². The fraction of sp³-hybridized carbons (Fsp3) is 0.500. The topological polar surface area (TPSA) is 0 Å². The zero-order valence-electron chi connectivity index (χ0n) is 14.9. The molecule has 23 heavy (non-hydrogen) atoms. The molecule has 0 nitrogen and oxygen atoms in total. The number of halogens is 2. The summed E-state index contributed by atoms with van der Waals surface area (Å²) in [6.07, 6.45) is 5.10. The molecule has 0 spiro atoms. The van der Waals surface area contributed by atoms with E-state index in [1.807, 2.05) is 0 Å². The Bertz CT molecular complexity index is 374. The van der Waals surface area contributed by atoms with Crippen molar-refractivity contribution >= 4 is 0 Å². The number of rotatable bonds is 6. The monoisotopic (exact) mass is 430 g/mol. The number of hydrogen-bond acceptors (Lipinski definition) is 0. The van der Waals surface area contributed by atoms with E-state index in [4.69, 9.17) is 0 Å². The maximum atomic E-state index is 2.27. The summed E-state index contributed by atoms with van der Waals surface area (Å²) in [4.78, 5) is 0. The van der Waals surface area contributed by atoms with Crippen LogP contribution in [0.4, 0.5) is 0 Å². The Labute approximate surface area is 175 Å². The molecule has 0 aliphatic carbocycles. The molecule has 0 radical (unpaired) electrons. The minimum absolute atomic E-state index is 0. The van der Waals surface area contributed by atoms with Gasteiger partial charge >= 0.3 is 26.2 Å². The third-order valence-corrected chi connectivity index (χ3v) is 3.48. The average Bonchev–Trinajstić information content (AvgIpc) is 3.08. The van der Waals surface area contributed by atoms with E-state index in [1.54, 1.807) is 0 Å². The molecular weight excluding hydrogens is 402 g/mol. The van der Waals surface area contributed by atoms with Gasteiger partial charge in [-0.2, -0.15) is 35.4 Å². The Kier molecular flexibility index (Phi) is 20.7. The summed E-state index contributed by atoms with van der Waals surface area (Å²) in [5.74, 6) is 1.66. The van der Waals surface area contributed by atoms with Gasteiger partial charge in [0.2, 0.25) is 0 Å². The van der Waals surface area contributed by atoms with E-state index in [9.17, 15) is 0 Å². The van der Waals surface area contributed by atoms with Gasteiger partial charge in [-0.05, 0) is 11.8 Å². The molecule has 2 aromatic carbocycles. The van der Waals surface area contributed by atoms with Gasteiger partial charge in [-0.25, -0.2) is 24.3 Å². The van der Waals surface area contributed by atoms with Gasteiger partial charge in [-0.1, -0.05) is 53.4 Å². The fourth-order valence-electron chi connectivity index (χ4n) is 2.07. The van der Waals surface area contributed by atoms with Crippen molar-refractivity contribution in [2.75, 3.05) is 0 Å². The third kappa shape index (κ3) is 15.4. The van der Waals surface area contributed by atoms with Crippen molar-refractivity contribution in [3.63, 3.8) is 0 Å². The first-order valence-electron chi connectivity index (χ1n) is 7.99. The normalized spacial score (nSPS) is 9.30. The number of hydrogen-bond donors (Lipinski definition) is 0. The Balaban J connectivity index is -0.000000308. The van der Waals surface area contributed by atoms with Crippen molar-refractivity contribution in [1.82, 2.24) is 0 Å². The van der Waals surface area contributed by atoms with E-state index in [-0.39, 0.29) is 51.0 Å². The summed E-state index contributed by atoms with van der Waals surface area (Å²) < 4.78 is 0. The summed E-state index contributed by atoms with van der Waals surface area (Å²) in [5.41, 5.74) is 2.96. The Morgan fingerprint density at radius 1 is 0.609 bits per heavy atom. The van der Waals surface area contributed by atoms with Crippen LogP contribution in [0.2, 0.25) is 0 Å². The van der Waals surface area contributed by atoms with Crippen LogP contribution < -0.4 is 24.8 Å². The van der Waals surface area contributed by atoms with Crippen molar-refractivity contribution in [3.05, 3.63) is 59.7 Å². The summed E-state index contributed by atoms with van der Waals surface area (Å²) in [5, 5.41) is 0. The minimum atomic E-state index is 0. The number of aryl methyl sites for hydroxylation is 2. The van der Waals surface area contributed by atoms with Gasteiger partial charge in [0.25, 0.3) is 0 Å². The molecule has 2 aromatic rings. The second-order valence-corrected chi connectivity index (χ2v) is 6.45. The molecule has 2 rings (SSSR count). The molecule has 0 atom stereocenters. The molecule has 0 saturated carbocycles. The van der Waals surface area contributed by atoms with Crippen LogP contribution in [0.1, 0.15) is 51.7 Å². The van der Waals surface area contributed by atoms with Crippen LogP contribution in [0.25, 0.3) is 0 Å². The van der Waals surface area contributed by atoms with E-state index in [2.05, 4.69) is 76.2 Å². The van der Waals surface area contributed by atoms with Crippen LogP contribution >= 0.6 is 0 Å². The molecular formula is C20H30Cl2Zr. The molecule has 0 unspecified atom stereocenters. The van der Waals surface area contributed by atoms with Crippen molar-refractivity contribution in [1.29, 1.82) is 0 Å². The second-order valence-electron chi connectivity index (χ2n) is 6.45. The zero-order chi connectivity index (χ0) is 14.8. The van der Waals surface area contributed by atoms with Crippen molar-refractivity contribution < 1.29 is 51.0 Å². The molecule has 0 aliphatic heterocycles. The first-order chi connectivity index (χ1) is 9.58. The first kappa shape index (κ1) is 28.0. The maximum Gasteiger partial charge on any atom is 4.00 e. The quantitative estimate of drug-likeness (QED) is 0.564. The molecule has 0 amide bonds. The molecule has 0 N–H and O–H groups in total. The molecule has 0 aliphatic rings. The predicted molar refractivity (Wildman–Crippen MR) is 90.4 cm³/mol. The molecule has 0 aromatic heterocycles. The molecule has 128 valence electrons. The van der Waals surface area contributed by atoms with Crippen molar-refractivity contribution in [2.24, 2.45) is 11.8 Å². The van der Waals surface area contributed by atoms with E-state index in [0.717, 1.165) is 11.8 Å². The van der Waals surface area contributed by atoms with Gasteiger partial charge in [-0.3, -0.25) is 0 Å². The SMILES string of the molecule is CC(C)CC[c-]1cccc1.CC(C)CC[c-]1cccc1.[Cl-].[Cl-].[Zr+4]. The molecule has 0 saturated heterocycles. The summed E-state index contributed by atoms with van der Waals surface area (Å²) >= 11 is 0. The Hall–Kier alpha value is 0.163. The molecule has 0 fully saturated rings. The van der Waals surface area contributed by atoms with E-state index >= 15 is 0 Å². The van der Waals surface area contributed by atoms with Crippen LogP contribution in [0, 0.1) is 11.8 Å². The molecule has 0 bridgehead atoms. The van der Waals surface area contributed by atoms with E-state index in [1.165, 1.54) is 36.8 Å². The van der Waals surface area contributed by atoms with Crippen molar-refractivity contribution in [3.8, 4) is 0 Å². The van der Waals surface area contributed by atoms with Crippen LogP contribution in [0.5, 0.6) is 0 Å². The fourth-order valence-corrected chi connectivity index (χ4v) is 2.07. The standard InChI is InChI=1S/2C10H15.2ClH.Zr/c2*1-9(2)7-8-10-5-3-4-6-10;;;/h2*3-6,9H,7-8H2,1-2H3;2*1H;/q2*-1;;;+4/p-2. The maximum absolute atomic E-state index is 2.27. The summed E-state index contributed by atoms with van der Waals surface area (Å²) in [7, 11) is 0. The Morgan fingerprint density at radius 3 is 1.09 bits per heavy atom. The first-order valence-corrected chi connectivity index (χ1v) is 7.99. The smallest absolute Gasteiger partial charge is 1.00 e. The summed E-state index contributed by atoms with van der Waals surface area (Å²) in [6.45, 7) is 9.07. The van der Waals surface area contributed by atoms with Gasteiger partial charge < -0.3 is 24.8 Å². The molecule has 3 heteroatoms. The van der Waals surface area contributed by atoms with Gasteiger partial charge in [0.05, 0.1) is 0 Å². The van der Waals surface area contributed by atoms with Gasteiger partial charge in [0.1, 0.15) is 0 Å². The third-order valence-electron chi connectivity index (χ3n) is 3.48. The van der Waals surface area contributed by atoms with Crippen LogP contribution in [-0.2, 0) is 39.0 Å². The van der Waals surface area contributed by atoms with Crippen LogP contribution in [0.15, 0.2) is 48.5 Å². The minimum Gasteiger partial charge on any atom is -1.00 e. The van der Waals surface area contributed by atoms with Gasteiger partial charge in [-0.15, -0.1) is 0 Å². The second kappa shape index (κ2) is 17.0. The van der Waals surface area contributed by atoms with E-state index < -0.39 is 0 Å². The van der Waals surface area contributed by atoms with Crippen LogP contribution in [0.3, 0.4) is 0 Å². The van der Waals surface area contributed by atoms with Crippen LogP contribution in [-0.4, -0.2) is 0 Å². The van der Waals surface area contributed by atoms with Crippen molar-refractivity contribution in [2.45, 2.75) is 53.4 Å². The largest absolute Gasteiger partial charge is 4.00 e. The molecule has 0 heterocycles.